The second kappa shape index (κ2) is 6.36. The van der Waals surface area contributed by atoms with Gasteiger partial charge in [0.2, 0.25) is 0 Å². The van der Waals surface area contributed by atoms with Crippen LogP contribution in [-0.4, -0.2) is 11.0 Å². The van der Waals surface area contributed by atoms with Crippen molar-refractivity contribution in [2.75, 3.05) is 0 Å². The molecule has 0 aliphatic rings. The molecule has 19 heavy (non-hydrogen) atoms. The maximum Gasteiger partial charge on any atom is 0.251 e. The van der Waals surface area contributed by atoms with Crippen molar-refractivity contribution in [2.24, 2.45) is 0 Å². The lowest BCUT2D eigenvalue weighted by Gasteiger charge is -2.06. The third-order valence-corrected chi connectivity index (χ3v) is 3.02. The van der Waals surface area contributed by atoms with Crippen molar-refractivity contribution in [2.45, 2.75) is 13.2 Å². The second-order valence-electron chi connectivity index (χ2n) is 4.16. The summed E-state index contributed by atoms with van der Waals surface area (Å²) in [7, 11) is 0. The number of nitrogens with one attached hydrogen (secondary N) is 1. The molecule has 0 bridgehead atoms. The minimum atomic E-state index is -0.139. The van der Waals surface area contributed by atoms with Gasteiger partial charge in [-0.1, -0.05) is 35.9 Å². The monoisotopic (exact) mass is 275 g/mol. The van der Waals surface area contributed by atoms with Gasteiger partial charge in [-0.2, -0.15) is 0 Å². The van der Waals surface area contributed by atoms with Crippen molar-refractivity contribution in [1.82, 2.24) is 5.32 Å². The van der Waals surface area contributed by atoms with E-state index in [2.05, 4.69) is 5.32 Å². The van der Waals surface area contributed by atoms with E-state index in [0.29, 0.717) is 17.1 Å². The molecule has 2 aromatic carbocycles. The Balaban J connectivity index is 1.95. The fraction of sp³-hybridized carbons (Fsp3) is 0.133. The quantitative estimate of drug-likeness (QED) is 0.901. The Kier molecular flexibility index (Phi) is 4.55. The Morgan fingerprint density at radius 2 is 1.58 bits per heavy atom. The molecule has 0 aromatic heterocycles. The van der Waals surface area contributed by atoms with Gasteiger partial charge in [0.15, 0.2) is 0 Å². The van der Waals surface area contributed by atoms with E-state index in [1.165, 1.54) is 0 Å². The number of halogens is 1. The standard InChI is InChI=1S/C15H14ClNO2/c16-14-7-3-11(4-8-14)9-17-15(19)13-5-1-12(10-18)2-6-13/h1-8,18H,9-10H2,(H,17,19). The summed E-state index contributed by atoms with van der Waals surface area (Å²) < 4.78 is 0. The first-order chi connectivity index (χ1) is 9.19. The molecule has 2 N–H and O–H groups in total. The first-order valence-corrected chi connectivity index (χ1v) is 6.29. The number of aliphatic hydroxyl groups is 1. The normalized spacial score (nSPS) is 10.2. The zero-order chi connectivity index (χ0) is 13.7. The summed E-state index contributed by atoms with van der Waals surface area (Å²) in [6.45, 7) is 0.435. The highest BCUT2D eigenvalue weighted by atomic mass is 35.5. The van der Waals surface area contributed by atoms with Gasteiger partial charge >= 0.3 is 0 Å². The molecule has 0 atom stereocenters. The lowest BCUT2D eigenvalue weighted by Crippen LogP contribution is -2.22. The molecule has 98 valence electrons. The lowest BCUT2D eigenvalue weighted by molar-refractivity contribution is 0.0951. The first kappa shape index (κ1) is 13.6. The molecule has 3 nitrogen and oxygen atoms in total. The van der Waals surface area contributed by atoms with Crippen LogP contribution in [0.5, 0.6) is 0 Å². The number of hydrogen-bond acceptors (Lipinski definition) is 2. The number of carbonyl (C=O) groups is 1. The summed E-state index contributed by atoms with van der Waals surface area (Å²) in [5.74, 6) is -0.139. The van der Waals surface area contributed by atoms with Gasteiger partial charge in [-0.15, -0.1) is 0 Å². The third-order valence-electron chi connectivity index (χ3n) is 2.77. The van der Waals surface area contributed by atoms with E-state index in [1.54, 1.807) is 36.4 Å². The van der Waals surface area contributed by atoms with Crippen LogP contribution in [0.2, 0.25) is 5.02 Å². The number of rotatable bonds is 4. The summed E-state index contributed by atoms with van der Waals surface area (Å²) in [6.07, 6.45) is 0. The SMILES string of the molecule is O=C(NCc1ccc(Cl)cc1)c1ccc(CO)cc1. The van der Waals surface area contributed by atoms with Crippen molar-refractivity contribution in [3.63, 3.8) is 0 Å². The molecular formula is C15H14ClNO2. The predicted octanol–water partition coefficient (Wildman–Crippen LogP) is 2.76. The van der Waals surface area contributed by atoms with E-state index < -0.39 is 0 Å². The summed E-state index contributed by atoms with van der Waals surface area (Å²) in [4.78, 5) is 11.9. The van der Waals surface area contributed by atoms with Crippen molar-refractivity contribution < 1.29 is 9.90 Å². The second-order valence-corrected chi connectivity index (χ2v) is 4.60. The Hall–Kier alpha value is -1.84. The van der Waals surface area contributed by atoms with E-state index in [4.69, 9.17) is 16.7 Å². The molecule has 1 amide bonds. The molecular weight excluding hydrogens is 262 g/mol. The minimum absolute atomic E-state index is 0.0212. The van der Waals surface area contributed by atoms with Gasteiger partial charge in [0.25, 0.3) is 5.91 Å². The van der Waals surface area contributed by atoms with Crippen LogP contribution in [0.3, 0.4) is 0 Å². The van der Waals surface area contributed by atoms with E-state index in [1.807, 2.05) is 12.1 Å². The van der Waals surface area contributed by atoms with Crippen molar-refractivity contribution in [3.8, 4) is 0 Å². The number of hydrogen-bond donors (Lipinski definition) is 2. The topological polar surface area (TPSA) is 49.3 Å². The van der Waals surface area contributed by atoms with Crippen LogP contribution in [-0.2, 0) is 13.2 Å². The van der Waals surface area contributed by atoms with Gasteiger partial charge in [0, 0.05) is 17.1 Å². The third kappa shape index (κ3) is 3.81. The maximum absolute atomic E-state index is 11.9. The van der Waals surface area contributed by atoms with Crippen molar-refractivity contribution >= 4 is 17.5 Å². The molecule has 0 fully saturated rings. The van der Waals surface area contributed by atoms with Crippen molar-refractivity contribution in [1.29, 1.82) is 0 Å². The molecule has 0 saturated heterocycles. The van der Waals surface area contributed by atoms with E-state index in [0.717, 1.165) is 11.1 Å². The molecule has 0 saturated carbocycles. The zero-order valence-corrected chi connectivity index (χ0v) is 11.0. The van der Waals surface area contributed by atoms with Crippen LogP contribution in [0.1, 0.15) is 21.5 Å². The molecule has 0 radical (unpaired) electrons. The van der Waals surface area contributed by atoms with Crippen LogP contribution in [0.15, 0.2) is 48.5 Å². The minimum Gasteiger partial charge on any atom is -0.392 e. The number of benzene rings is 2. The van der Waals surface area contributed by atoms with E-state index in [9.17, 15) is 4.79 Å². The highest BCUT2D eigenvalue weighted by molar-refractivity contribution is 6.30. The number of carbonyl (C=O) groups excluding carboxylic acids is 1. The smallest absolute Gasteiger partial charge is 0.251 e. The predicted molar refractivity (Wildman–Crippen MR) is 75.0 cm³/mol. The maximum atomic E-state index is 11.9. The van der Waals surface area contributed by atoms with Gasteiger partial charge < -0.3 is 10.4 Å². The summed E-state index contributed by atoms with van der Waals surface area (Å²) in [5, 5.41) is 12.4. The molecule has 0 aliphatic heterocycles. The number of amides is 1. The molecule has 2 aromatic rings. The lowest BCUT2D eigenvalue weighted by atomic mass is 10.1. The van der Waals surface area contributed by atoms with Crippen LogP contribution in [0.4, 0.5) is 0 Å². The molecule has 0 heterocycles. The number of aliphatic hydroxyl groups excluding tert-OH is 1. The van der Waals surface area contributed by atoms with Gasteiger partial charge in [-0.3, -0.25) is 4.79 Å². The summed E-state index contributed by atoms with van der Waals surface area (Å²) in [5.41, 5.74) is 2.35. The Bertz CT molecular complexity index is 549. The van der Waals surface area contributed by atoms with Crippen molar-refractivity contribution in [3.05, 3.63) is 70.2 Å². The largest absolute Gasteiger partial charge is 0.392 e. The average molecular weight is 276 g/mol. The average Bonchev–Trinajstić information content (AvgIpc) is 2.46. The highest BCUT2D eigenvalue weighted by Gasteiger charge is 2.04. The molecule has 0 unspecified atom stereocenters. The van der Waals surface area contributed by atoms with E-state index in [-0.39, 0.29) is 12.5 Å². The molecule has 2 rings (SSSR count). The Morgan fingerprint density at radius 1 is 1.00 bits per heavy atom. The fourth-order valence-corrected chi connectivity index (χ4v) is 1.77. The van der Waals surface area contributed by atoms with Crippen LogP contribution in [0, 0.1) is 0 Å². The van der Waals surface area contributed by atoms with Gasteiger partial charge in [0.1, 0.15) is 0 Å². The Morgan fingerprint density at radius 3 is 2.16 bits per heavy atom. The van der Waals surface area contributed by atoms with Crippen LogP contribution < -0.4 is 5.32 Å². The highest BCUT2D eigenvalue weighted by Crippen LogP contribution is 2.10. The molecule has 4 heteroatoms. The fourth-order valence-electron chi connectivity index (χ4n) is 1.65. The zero-order valence-electron chi connectivity index (χ0n) is 10.3. The van der Waals surface area contributed by atoms with E-state index >= 15 is 0 Å². The first-order valence-electron chi connectivity index (χ1n) is 5.91. The summed E-state index contributed by atoms with van der Waals surface area (Å²) >= 11 is 5.79. The molecule has 0 aliphatic carbocycles. The van der Waals surface area contributed by atoms with Gasteiger partial charge in [-0.05, 0) is 35.4 Å². The van der Waals surface area contributed by atoms with Crippen LogP contribution >= 0.6 is 11.6 Å². The summed E-state index contributed by atoms with van der Waals surface area (Å²) in [6, 6.07) is 14.2. The Labute approximate surface area is 116 Å². The molecule has 0 spiro atoms. The van der Waals surface area contributed by atoms with Gasteiger partial charge in [0.05, 0.1) is 6.61 Å². The van der Waals surface area contributed by atoms with Gasteiger partial charge in [-0.25, -0.2) is 0 Å². The van der Waals surface area contributed by atoms with Crippen LogP contribution in [0.25, 0.3) is 0 Å².